The highest BCUT2D eigenvalue weighted by atomic mass is 35.5. The van der Waals surface area contributed by atoms with Gasteiger partial charge in [-0.15, -0.1) is 5.92 Å². The second kappa shape index (κ2) is 6.83. The molecule has 1 aromatic rings. The molecule has 0 amide bonds. The van der Waals surface area contributed by atoms with Crippen LogP contribution in [0.15, 0.2) is 24.3 Å². The van der Waals surface area contributed by atoms with E-state index >= 15 is 0 Å². The van der Waals surface area contributed by atoms with Gasteiger partial charge in [-0.1, -0.05) is 36.6 Å². The zero-order valence-corrected chi connectivity index (χ0v) is 12.4. The van der Waals surface area contributed by atoms with E-state index < -0.39 is 0 Å². The third-order valence-electron chi connectivity index (χ3n) is 2.49. The summed E-state index contributed by atoms with van der Waals surface area (Å²) >= 11 is 5.91. The smallest absolute Gasteiger partial charge is 0.0430 e. The zero-order valence-electron chi connectivity index (χ0n) is 11.7. The number of nitrogens with one attached hydrogen (secondary N) is 1. The molecule has 0 radical (unpaired) electrons. The summed E-state index contributed by atoms with van der Waals surface area (Å²) in [7, 11) is 0. The Morgan fingerprint density at radius 2 is 1.83 bits per heavy atom. The maximum absolute atomic E-state index is 5.91. The molecule has 18 heavy (non-hydrogen) atoms. The normalized spacial score (nSPS) is 12.7. The molecule has 1 N–H and O–H groups in total. The third kappa shape index (κ3) is 5.58. The van der Waals surface area contributed by atoms with Crippen molar-refractivity contribution in [3.63, 3.8) is 0 Å². The maximum atomic E-state index is 5.91. The van der Waals surface area contributed by atoms with Crippen molar-refractivity contribution in [2.45, 2.75) is 40.2 Å². The van der Waals surface area contributed by atoms with E-state index in [0.29, 0.717) is 0 Å². The molecule has 0 aromatic heterocycles. The minimum absolute atomic E-state index is 0.0662. The lowest BCUT2D eigenvalue weighted by Gasteiger charge is -2.16. The van der Waals surface area contributed by atoms with Crippen molar-refractivity contribution < 1.29 is 0 Å². The van der Waals surface area contributed by atoms with Crippen LogP contribution in [0.2, 0.25) is 5.02 Å². The Kier molecular flexibility index (Phi) is 5.72. The number of hydrogen-bond acceptors (Lipinski definition) is 1. The summed E-state index contributed by atoms with van der Waals surface area (Å²) in [5.41, 5.74) is 1.31. The lowest BCUT2D eigenvalue weighted by Crippen LogP contribution is -2.20. The van der Waals surface area contributed by atoms with Gasteiger partial charge in [-0.25, -0.2) is 0 Å². The first kappa shape index (κ1) is 15.1. The van der Waals surface area contributed by atoms with E-state index in [4.69, 9.17) is 11.6 Å². The first-order valence-corrected chi connectivity index (χ1v) is 6.79. The van der Waals surface area contributed by atoms with Crippen molar-refractivity contribution in [1.29, 1.82) is 0 Å². The molecule has 98 valence electrons. The Balaban J connectivity index is 2.76. The Bertz CT molecular complexity index is 417. The average molecular weight is 264 g/mol. The molecule has 2 heteroatoms. The topological polar surface area (TPSA) is 12.0 Å². The highest BCUT2D eigenvalue weighted by Crippen LogP contribution is 2.19. The minimum Gasteiger partial charge on any atom is -0.309 e. The lowest BCUT2D eigenvalue weighted by molar-refractivity contribution is 0.554. The van der Waals surface area contributed by atoms with Crippen LogP contribution in [0.1, 0.15) is 45.7 Å². The Morgan fingerprint density at radius 1 is 1.22 bits per heavy atom. The molecule has 1 unspecified atom stereocenters. The van der Waals surface area contributed by atoms with E-state index in [-0.39, 0.29) is 11.5 Å². The molecule has 0 aliphatic carbocycles. The summed E-state index contributed by atoms with van der Waals surface area (Å²) in [6, 6.07) is 8.27. The van der Waals surface area contributed by atoms with Gasteiger partial charge in [0.1, 0.15) is 0 Å². The van der Waals surface area contributed by atoms with Gasteiger partial charge in [0.05, 0.1) is 0 Å². The Morgan fingerprint density at radius 3 is 2.33 bits per heavy atom. The summed E-state index contributed by atoms with van der Waals surface area (Å²) in [4.78, 5) is 0. The van der Waals surface area contributed by atoms with Crippen LogP contribution in [-0.4, -0.2) is 6.54 Å². The van der Waals surface area contributed by atoms with E-state index in [1.807, 2.05) is 12.1 Å². The van der Waals surface area contributed by atoms with Crippen LogP contribution in [0.3, 0.4) is 0 Å². The standard InChI is InChI=1S/C16H22ClN/c1-5-18-15(7-6-12-16(2,3)4)13-8-10-14(17)11-9-13/h8-11,15,18H,5,7H2,1-4H3. The van der Waals surface area contributed by atoms with Gasteiger partial charge in [-0.2, -0.15) is 0 Å². The van der Waals surface area contributed by atoms with Crippen LogP contribution in [0.4, 0.5) is 0 Å². The molecule has 0 heterocycles. The summed E-state index contributed by atoms with van der Waals surface area (Å²) < 4.78 is 0. The Labute approximate surface area is 116 Å². The van der Waals surface area contributed by atoms with Gasteiger partial charge < -0.3 is 5.32 Å². The molecule has 0 bridgehead atoms. The molecule has 0 spiro atoms. The lowest BCUT2D eigenvalue weighted by atomic mass is 9.96. The van der Waals surface area contributed by atoms with Gasteiger partial charge in [0.25, 0.3) is 0 Å². The molecule has 0 aliphatic heterocycles. The highest BCUT2D eigenvalue weighted by Gasteiger charge is 2.09. The third-order valence-corrected chi connectivity index (χ3v) is 2.74. The minimum atomic E-state index is 0.0662. The van der Waals surface area contributed by atoms with Crippen molar-refractivity contribution in [3.05, 3.63) is 34.9 Å². The molecule has 0 aliphatic rings. The molecule has 0 saturated heterocycles. The summed E-state index contributed by atoms with van der Waals surface area (Å²) in [5, 5.41) is 4.23. The fraction of sp³-hybridized carbons (Fsp3) is 0.500. The van der Waals surface area contributed by atoms with E-state index in [2.05, 4.69) is 57.0 Å². The zero-order chi connectivity index (χ0) is 13.6. The van der Waals surface area contributed by atoms with Crippen LogP contribution in [0.5, 0.6) is 0 Å². The van der Waals surface area contributed by atoms with Gasteiger partial charge in [-0.05, 0) is 45.0 Å². The first-order valence-electron chi connectivity index (χ1n) is 6.41. The van der Waals surface area contributed by atoms with E-state index in [1.165, 1.54) is 5.56 Å². The fourth-order valence-electron chi connectivity index (χ4n) is 1.67. The summed E-state index contributed by atoms with van der Waals surface area (Å²) in [5.74, 6) is 6.55. The number of benzene rings is 1. The molecule has 1 nitrogen and oxygen atoms in total. The van der Waals surface area contributed by atoms with Crippen molar-refractivity contribution >= 4 is 11.6 Å². The molecule has 1 rings (SSSR count). The fourth-order valence-corrected chi connectivity index (χ4v) is 1.79. The van der Waals surface area contributed by atoms with Crippen LogP contribution in [-0.2, 0) is 0 Å². The summed E-state index contributed by atoms with van der Waals surface area (Å²) in [6.07, 6.45) is 0.826. The molecule has 0 saturated carbocycles. The Hall–Kier alpha value is -0.970. The van der Waals surface area contributed by atoms with Crippen molar-refractivity contribution in [1.82, 2.24) is 5.32 Å². The largest absolute Gasteiger partial charge is 0.309 e. The maximum Gasteiger partial charge on any atom is 0.0430 e. The molecular weight excluding hydrogens is 242 g/mol. The molecular formula is C16H22ClN. The SMILES string of the molecule is CCNC(CC#CC(C)(C)C)c1ccc(Cl)cc1. The van der Waals surface area contributed by atoms with E-state index in [1.54, 1.807) is 0 Å². The second-order valence-corrected chi connectivity index (χ2v) is 5.85. The molecule has 1 atom stereocenters. The van der Waals surface area contributed by atoms with Gasteiger partial charge in [0.2, 0.25) is 0 Å². The van der Waals surface area contributed by atoms with Gasteiger partial charge >= 0.3 is 0 Å². The number of halogens is 1. The predicted octanol–water partition coefficient (Wildman–Crippen LogP) is 4.43. The van der Waals surface area contributed by atoms with Crippen LogP contribution in [0.25, 0.3) is 0 Å². The van der Waals surface area contributed by atoms with Crippen LogP contribution in [0, 0.1) is 17.3 Å². The average Bonchev–Trinajstić information content (AvgIpc) is 2.27. The quantitative estimate of drug-likeness (QED) is 0.793. The number of rotatable bonds is 4. The first-order chi connectivity index (χ1) is 8.42. The summed E-state index contributed by atoms with van der Waals surface area (Å²) in [6.45, 7) is 9.43. The van der Waals surface area contributed by atoms with E-state index in [0.717, 1.165) is 18.0 Å². The molecule has 0 fully saturated rings. The predicted molar refractivity (Wildman–Crippen MR) is 79.7 cm³/mol. The van der Waals surface area contributed by atoms with E-state index in [9.17, 15) is 0 Å². The number of hydrogen-bond donors (Lipinski definition) is 1. The molecule has 1 aromatic carbocycles. The van der Waals surface area contributed by atoms with Crippen molar-refractivity contribution in [2.24, 2.45) is 5.41 Å². The van der Waals surface area contributed by atoms with Crippen molar-refractivity contribution in [2.75, 3.05) is 6.54 Å². The highest BCUT2D eigenvalue weighted by molar-refractivity contribution is 6.30. The van der Waals surface area contributed by atoms with Crippen molar-refractivity contribution in [3.8, 4) is 11.8 Å². The van der Waals surface area contributed by atoms with Crippen LogP contribution < -0.4 is 5.32 Å². The van der Waals surface area contributed by atoms with Gasteiger partial charge in [0.15, 0.2) is 0 Å². The second-order valence-electron chi connectivity index (χ2n) is 5.42. The van der Waals surface area contributed by atoms with Crippen LogP contribution >= 0.6 is 11.6 Å². The van der Waals surface area contributed by atoms with Gasteiger partial charge in [0, 0.05) is 22.9 Å². The van der Waals surface area contributed by atoms with Gasteiger partial charge in [-0.3, -0.25) is 0 Å². The monoisotopic (exact) mass is 263 g/mol.